The lowest BCUT2D eigenvalue weighted by Crippen LogP contribution is -2.30. The minimum absolute atomic E-state index is 0.121. The van der Waals surface area contributed by atoms with Crippen molar-refractivity contribution >= 4 is 22.6 Å². The third kappa shape index (κ3) is 4.61. The second-order valence-electron chi connectivity index (χ2n) is 4.28. The highest BCUT2D eigenvalue weighted by atomic mass is 127. The van der Waals surface area contributed by atoms with Crippen LogP contribution < -0.4 is 5.32 Å². The van der Waals surface area contributed by atoms with Crippen LogP contribution in [0.5, 0.6) is 0 Å². The lowest BCUT2D eigenvalue weighted by Gasteiger charge is -2.19. The van der Waals surface area contributed by atoms with E-state index in [9.17, 15) is 0 Å². The highest BCUT2D eigenvalue weighted by Crippen LogP contribution is 2.28. The fourth-order valence-electron chi connectivity index (χ4n) is 1.68. The Hall–Kier alpha value is 0.650. The Morgan fingerprint density at radius 1 is 1.54 bits per heavy atom. The first kappa shape index (κ1) is 11.7. The molecule has 0 amide bonds. The van der Waals surface area contributed by atoms with Gasteiger partial charge in [0.1, 0.15) is 0 Å². The monoisotopic (exact) mass is 297 g/mol. The van der Waals surface area contributed by atoms with Crippen LogP contribution in [0.2, 0.25) is 0 Å². The van der Waals surface area contributed by atoms with E-state index in [1.807, 2.05) is 0 Å². The number of hydrogen-bond donors (Lipinski definition) is 1. The van der Waals surface area contributed by atoms with Gasteiger partial charge < -0.3 is 10.1 Å². The Labute approximate surface area is 94.9 Å². The van der Waals surface area contributed by atoms with Crippen LogP contribution in [-0.2, 0) is 4.74 Å². The summed E-state index contributed by atoms with van der Waals surface area (Å²) in [5.41, 5.74) is 0.121. The van der Waals surface area contributed by atoms with Crippen LogP contribution in [0.15, 0.2) is 0 Å². The minimum Gasteiger partial charge on any atom is -0.371 e. The summed E-state index contributed by atoms with van der Waals surface area (Å²) in [5, 5.41) is 3.44. The van der Waals surface area contributed by atoms with Crippen LogP contribution >= 0.6 is 22.6 Å². The summed E-state index contributed by atoms with van der Waals surface area (Å²) in [7, 11) is 0. The SMILES string of the molecule is CC1(C)CCC(CNCCCI)O1. The van der Waals surface area contributed by atoms with Crippen molar-refractivity contribution in [3.63, 3.8) is 0 Å². The van der Waals surface area contributed by atoms with Crippen LogP contribution in [0.4, 0.5) is 0 Å². The molecule has 1 N–H and O–H groups in total. The van der Waals surface area contributed by atoms with Gasteiger partial charge in [-0.3, -0.25) is 0 Å². The summed E-state index contributed by atoms with van der Waals surface area (Å²) in [5.74, 6) is 0. The van der Waals surface area contributed by atoms with Crippen molar-refractivity contribution < 1.29 is 4.74 Å². The zero-order chi connectivity index (χ0) is 9.73. The molecule has 0 saturated carbocycles. The molecule has 1 aliphatic rings. The van der Waals surface area contributed by atoms with Crippen LogP contribution in [0.25, 0.3) is 0 Å². The molecule has 1 aliphatic heterocycles. The number of hydrogen-bond acceptors (Lipinski definition) is 2. The molecular formula is C10H20INO. The topological polar surface area (TPSA) is 21.3 Å². The van der Waals surface area contributed by atoms with E-state index in [1.54, 1.807) is 0 Å². The second-order valence-corrected chi connectivity index (χ2v) is 5.36. The van der Waals surface area contributed by atoms with Crippen molar-refractivity contribution in [2.24, 2.45) is 0 Å². The van der Waals surface area contributed by atoms with Crippen molar-refractivity contribution in [1.29, 1.82) is 0 Å². The van der Waals surface area contributed by atoms with Gasteiger partial charge in [0.05, 0.1) is 11.7 Å². The quantitative estimate of drug-likeness (QED) is 0.478. The molecule has 1 atom stereocenters. The average molecular weight is 297 g/mol. The summed E-state index contributed by atoms with van der Waals surface area (Å²) in [6, 6.07) is 0. The summed E-state index contributed by atoms with van der Waals surface area (Å²) in [6.07, 6.45) is 4.12. The molecule has 0 bridgehead atoms. The molecule has 0 aliphatic carbocycles. The largest absolute Gasteiger partial charge is 0.371 e. The first-order chi connectivity index (χ1) is 6.14. The lowest BCUT2D eigenvalue weighted by atomic mass is 10.1. The summed E-state index contributed by atoms with van der Waals surface area (Å²) in [6.45, 7) is 6.51. The molecule has 1 fully saturated rings. The highest BCUT2D eigenvalue weighted by Gasteiger charge is 2.30. The molecule has 3 heteroatoms. The van der Waals surface area contributed by atoms with Crippen LogP contribution in [-0.4, -0.2) is 29.2 Å². The zero-order valence-corrected chi connectivity index (χ0v) is 10.8. The smallest absolute Gasteiger partial charge is 0.0707 e. The normalized spacial score (nSPS) is 26.5. The van der Waals surface area contributed by atoms with Gasteiger partial charge in [0.25, 0.3) is 0 Å². The van der Waals surface area contributed by atoms with E-state index in [-0.39, 0.29) is 5.60 Å². The predicted molar refractivity (Wildman–Crippen MR) is 64.6 cm³/mol. The third-order valence-electron chi connectivity index (χ3n) is 2.41. The molecule has 13 heavy (non-hydrogen) atoms. The summed E-state index contributed by atoms with van der Waals surface area (Å²) < 4.78 is 7.10. The maximum Gasteiger partial charge on any atom is 0.0707 e. The summed E-state index contributed by atoms with van der Waals surface area (Å²) >= 11 is 2.41. The standard InChI is InChI=1S/C10H20INO/c1-10(2)5-4-9(13-10)8-12-7-3-6-11/h9,12H,3-8H2,1-2H3. The van der Waals surface area contributed by atoms with E-state index in [1.165, 1.54) is 23.7 Å². The van der Waals surface area contributed by atoms with E-state index in [2.05, 4.69) is 41.8 Å². The zero-order valence-electron chi connectivity index (χ0n) is 8.61. The van der Waals surface area contributed by atoms with Crippen molar-refractivity contribution in [1.82, 2.24) is 5.32 Å². The maximum atomic E-state index is 5.86. The first-order valence-corrected chi connectivity index (χ1v) is 6.61. The Morgan fingerprint density at radius 2 is 2.31 bits per heavy atom. The Kier molecular flexibility index (Phi) is 4.97. The van der Waals surface area contributed by atoms with E-state index in [4.69, 9.17) is 4.74 Å². The van der Waals surface area contributed by atoms with E-state index >= 15 is 0 Å². The van der Waals surface area contributed by atoms with Gasteiger partial charge in [-0.1, -0.05) is 22.6 Å². The Balaban J connectivity index is 2.04. The predicted octanol–water partition coefficient (Wildman–Crippen LogP) is 2.36. The summed E-state index contributed by atoms with van der Waals surface area (Å²) in [4.78, 5) is 0. The average Bonchev–Trinajstić information content (AvgIpc) is 2.40. The Morgan fingerprint density at radius 3 is 2.85 bits per heavy atom. The molecule has 78 valence electrons. The lowest BCUT2D eigenvalue weighted by molar-refractivity contribution is -0.0140. The van der Waals surface area contributed by atoms with Crippen LogP contribution in [0, 0.1) is 0 Å². The molecule has 0 spiro atoms. The van der Waals surface area contributed by atoms with E-state index < -0.39 is 0 Å². The molecule has 0 aromatic heterocycles. The van der Waals surface area contributed by atoms with Crippen molar-refractivity contribution in [3.8, 4) is 0 Å². The van der Waals surface area contributed by atoms with Gasteiger partial charge in [-0.25, -0.2) is 0 Å². The van der Waals surface area contributed by atoms with Gasteiger partial charge in [0, 0.05) is 11.0 Å². The van der Waals surface area contributed by atoms with Gasteiger partial charge in [-0.05, 0) is 39.7 Å². The fraction of sp³-hybridized carbons (Fsp3) is 1.00. The number of nitrogens with one attached hydrogen (secondary N) is 1. The Bertz CT molecular complexity index is 150. The van der Waals surface area contributed by atoms with Crippen molar-refractivity contribution in [2.75, 3.05) is 17.5 Å². The molecule has 1 unspecified atom stereocenters. The van der Waals surface area contributed by atoms with Crippen LogP contribution in [0.3, 0.4) is 0 Å². The molecule has 1 heterocycles. The number of halogens is 1. The molecular weight excluding hydrogens is 277 g/mol. The van der Waals surface area contributed by atoms with E-state index in [0.29, 0.717) is 6.10 Å². The molecule has 0 aromatic carbocycles. The molecule has 0 aromatic rings. The molecule has 1 saturated heterocycles. The van der Waals surface area contributed by atoms with Gasteiger partial charge in [0.15, 0.2) is 0 Å². The third-order valence-corrected chi connectivity index (χ3v) is 3.18. The number of rotatable bonds is 5. The fourth-order valence-corrected chi connectivity index (χ4v) is 2.06. The van der Waals surface area contributed by atoms with Gasteiger partial charge in [-0.2, -0.15) is 0 Å². The highest BCUT2D eigenvalue weighted by molar-refractivity contribution is 14.1. The molecule has 0 radical (unpaired) electrons. The minimum atomic E-state index is 0.121. The van der Waals surface area contributed by atoms with Gasteiger partial charge in [-0.15, -0.1) is 0 Å². The van der Waals surface area contributed by atoms with Crippen LogP contribution in [0.1, 0.15) is 33.1 Å². The number of alkyl halides is 1. The maximum absolute atomic E-state index is 5.86. The first-order valence-electron chi connectivity index (χ1n) is 5.08. The number of ether oxygens (including phenoxy) is 1. The van der Waals surface area contributed by atoms with Gasteiger partial charge in [0.2, 0.25) is 0 Å². The second kappa shape index (κ2) is 5.51. The van der Waals surface area contributed by atoms with Gasteiger partial charge >= 0.3 is 0 Å². The molecule has 2 nitrogen and oxygen atoms in total. The van der Waals surface area contributed by atoms with Crippen molar-refractivity contribution in [3.05, 3.63) is 0 Å². The van der Waals surface area contributed by atoms with Crippen molar-refractivity contribution in [2.45, 2.75) is 44.8 Å². The molecule has 1 rings (SSSR count). The van der Waals surface area contributed by atoms with E-state index in [0.717, 1.165) is 13.1 Å².